The molecule has 0 bridgehead atoms. The van der Waals surface area contributed by atoms with Crippen LogP contribution in [0.15, 0.2) is 42.5 Å². The van der Waals surface area contributed by atoms with Gasteiger partial charge in [-0.1, -0.05) is 18.2 Å². The van der Waals surface area contributed by atoms with Crippen LogP contribution in [-0.2, 0) is 33.7 Å². The summed E-state index contributed by atoms with van der Waals surface area (Å²) in [7, 11) is -3.83. The molecule has 1 aliphatic heterocycles. The molecule has 0 saturated carbocycles. The van der Waals surface area contributed by atoms with Crippen LogP contribution < -0.4 is 4.72 Å². The van der Waals surface area contributed by atoms with Crippen LogP contribution in [0.5, 0.6) is 0 Å². The molecule has 2 aromatic carbocycles. The molecule has 0 unspecified atom stereocenters. The highest BCUT2D eigenvalue weighted by Crippen LogP contribution is 2.21. The number of carbonyl (C=O) groups is 1. The van der Waals surface area contributed by atoms with Gasteiger partial charge in [-0.3, -0.25) is 4.79 Å². The predicted octanol–water partition coefficient (Wildman–Crippen LogP) is 1.85. The van der Waals surface area contributed by atoms with E-state index in [1.165, 1.54) is 12.1 Å². The van der Waals surface area contributed by atoms with Crippen molar-refractivity contribution in [2.24, 2.45) is 0 Å². The number of nitrogens with one attached hydrogen (secondary N) is 1. The fourth-order valence-corrected chi connectivity index (χ4v) is 3.55. The quantitative estimate of drug-likeness (QED) is 0.915. The first-order valence-electron chi connectivity index (χ1n) is 7.20. The molecule has 2 aromatic rings. The second kappa shape index (κ2) is 6.43. The lowest BCUT2D eigenvalue weighted by Gasteiger charge is -2.08. The van der Waals surface area contributed by atoms with Crippen molar-refractivity contribution in [1.29, 1.82) is 5.26 Å². The minimum atomic E-state index is -3.83. The van der Waals surface area contributed by atoms with Gasteiger partial charge in [0.25, 0.3) is 5.91 Å². The van der Waals surface area contributed by atoms with Crippen molar-refractivity contribution in [3.05, 3.63) is 70.3 Å². The molecule has 0 atom stereocenters. The average Bonchev–Trinajstić information content (AvgIpc) is 3.02. The number of sulfonamides is 1. The number of fused-ring (bicyclic) bond motifs is 1. The zero-order valence-corrected chi connectivity index (χ0v) is 13.5. The van der Waals surface area contributed by atoms with Gasteiger partial charge >= 0.3 is 0 Å². The Bertz CT molecular complexity index is 928. The van der Waals surface area contributed by atoms with Crippen LogP contribution in [0.3, 0.4) is 0 Å². The maximum Gasteiger partial charge on any atom is 0.264 e. The summed E-state index contributed by atoms with van der Waals surface area (Å²) < 4.78 is 31.6. The maximum absolute atomic E-state index is 12.2. The van der Waals surface area contributed by atoms with E-state index >= 15 is 0 Å². The van der Waals surface area contributed by atoms with Crippen molar-refractivity contribution in [3.63, 3.8) is 0 Å². The van der Waals surface area contributed by atoms with Crippen LogP contribution in [0.25, 0.3) is 0 Å². The average molecular weight is 342 g/mol. The molecular weight excluding hydrogens is 328 g/mol. The highest BCUT2D eigenvalue weighted by Gasteiger charge is 2.19. The Kier molecular flexibility index (Phi) is 4.34. The lowest BCUT2D eigenvalue weighted by Crippen LogP contribution is -2.31. The highest BCUT2D eigenvalue weighted by molar-refractivity contribution is 7.89. The predicted molar refractivity (Wildman–Crippen MR) is 86.2 cm³/mol. The molecule has 6 nitrogen and oxygen atoms in total. The molecule has 3 rings (SSSR count). The lowest BCUT2D eigenvalue weighted by molar-refractivity contribution is 0.0981. The summed E-state index contributed by atoms with van der Waals surface area (Å²) in [6, 6.07) is 13.1. The van der Waals surface area contributed by atoms with Gasteiger partial charge in [-0.15, -0.1) is 0 Å². The second-order valence-electron chi connectivity index (χ2n) is 5.48. The lowest BCUT2D eigenvalue weighted by atomic mass is 10.1. The minimum Gasteiger partial charge on any atom is -0.372 e. The summed E-state index contributed by atoms with van der Waals surface area (Å²) >= 11 is 0. The molecule has 0 aromatic heterocycles. The van der Waals surface area contributed by atoms with Crippen molar-refractivity contribution in [3.8, 4) is 6.07 Å². The smallest absolute Gasteiger partial charge is 0.264 e. The SMILES string of the molecule is N#Cc1ccc(CS(=O)(=O)NC(=O)c2ccc3c(c2)COC3)cc1. The van der Waals surface area contributed by atoms with Gasteiger partial charge in [0, 0.05) is 5.56 Å². The molecule has 1 amide bonds. The van der Waals surface area contributed by atoms with E-state index in [-0.39, 0.29) is 11.3 Å². The number of nitriles is 1. The molecule has 24 heavy (non-hydrogen) atoms. The monoisotopic (exact) mass is 342 g/mol. The van der Waals surface area contributed by atoms with Crippen molar-refractivity contribution in [2.75, 3.05) is 0 Å². The molecule has 0 radical (unpaired) electrons. The first-order valence-corrected chi connectivity index (χ1v) is 8.85. The van der Waals surface area contributed by atoms with Crippen molar-refractivity contribution in [1.82, 2.24) is 4.72 Å². The molecule has 0 saturated heterocycles. The van der Waals surface area contributed by atoms with E-state index in [2.05, 4.69) is 4.72 Å². The van der Waals surface area contributed by atoms with Gasteiger partial charge in [-0.2, -0.15) is 5.26 Å². The number of carbonyl (C=O) groups excluding carboxylic acids is 1. The first-order chi connectivity index (χ1) is 11.5. The molecule has 0 fully saturated rings. The van der Waals surface area contributed by atoms with Gasteiger partial charge in [-0.25, -0.2) is 13.1 Å². The molecule has 122 valence electrons. The van der Waals surface area contributed by atoms with Crippen LogP contribution in [0, 0.1) is 11.3 Å². The summed E-state index contributed by atoms with van der Waals surface area (Å²) in [5, 5.41) is 8.74. The van der Waals surface area contributed by atoms with E-state index in [1.54, 1.807) is 30.3 Å². The van der Waals surface area contributed by atoms with Crippen LogP contribution in [-0.4, -0.2) is 14.3 Å². The molecule has 1 heterocycles. The van der Waals surface area contributed by atoms with Crippen LogP contribution in [0.4, 0.5) is 0 Å². The Labute approximate surface area is 139 Å². The molecule has 1 N–H and O–H groups in total. The summed E-state index contributed by atoms with van der Waals surface area (Å²) in [6.07, 6.45) is 0. The molecule has 0 spiro atoms. The van der Waals surface area contributed by atoms with E-state index < -0.39 is 15.9 Å². The minimum absolute atomic E-state index is 0.280. The third kappa shape index (κ3) is 3.62. The Morgan fingerprint density at radius 3 is 2.54 bits per heavy atom. The van der Waals surface area contributed by atoms with Crippen LogP contribution >= 0.6 is 0 Å². The Morgan fingerprint density at radius 2 is 1.83 bits per heavy atom. The second-order valence-corrected chi connectivity index (χ2v) is 7.20. The van der Waals surface area contributed by atoms with Gasteiger partial charge in [-0.05, 0) is 41.0 Å². The molecule has 7 heteroatoms. The summed E-state index contributed by atoms with van der Waals surface area (Å²) in [6.45, 7) is 0.933. The van der Waals surface area contributed by atoms with Gasteiger partial charge in [0.2, 0.25) is 10.0 Å². The van der Waals surface area contributed by atoms with E-state index in [9.17, 15) is 13.2 Å². The largest absolute Gasteiger partial charge is 0.372 e. The fourth-order valence-electron chi connectivity index (χ4n) is 2.44. The van der Waals surface area contributed by atoms with Crippen LogP contribution in [0.2, 0.25) is 0 Å². The molecule has 0 aliphatic carbocycles. The summed E-state index contributed by atoms with van der Waals surface area (Å²) in [5.74, 6) is -1.00. The Balaban J connectivity index is 1.71. The number of hydrogen-bond donors (Lipinski definition) is 1. The Morgan fingerprint density at radius 1 is 1.12 bits per heavy atom. The van der Waals surface area contributed by atoms with E-state index in [4.69, 9.17) is 10.00 Å². The highest BCUT2D eigenvalue weighted by atomic mass is 32.2. The van der Waals surface area contributed by atoms with Crippen molar-refractivity contribution >= 4 is 15.9 Å². The molecule has 1 aliphatic rings. The maximum atomic E-state index is 12.2. The fraction of sp³-hybridized carbons (Fsp3) is 0.176. The zero-order chi connectivity index (χ0) is 17.2. The zero-order valence-electron chi connectivity index (χ0n) is 12.7. The van der Waals surface area contributed by atoms with E-state index in [1.807, 2.05) is 6.07 Å². The normalized spacial score (nSPS) is 13.1. The Hall–Kier alpha value is -2.69. The summed E-state index contributed by atoms with van der Waals surface area (Å²) in [4.78, 5) is 12.2. The number of hydrogen-bond acceptors (Lipinski definition) is 5. The van der Waals surface area contributed by atoms with E-state index in [0.717, 1.165) is 11.1 Å². The number of amides is 1. The first kappa shape index (κ1) is 16.2. The topological polar surface area (TPSA) is 96.3 Å². The summed E-state index contributed by atoms with van der Waals surface area (Å²) in [5.41, 5.74) is 3.12. The number of rotatable bonds is 4. The van der Waals surface area contributed by atoms with Crippen molar-refractivity contribution in [2.45, 2.75) is 19.0 Å². The van der Waals surface area contributed by atoms with Gasteiger partial charge < -0.3 is 4.74 Å². The third-order valence-corrected chi connectivity index (χ3v) is 4.88. The van der Waals surface area contributed by atoms with Crippen molar-refractivity contribution < 1.29 is 17.9 Å². The van der Waals surface area contributed by atoms with E-state index in [0.29, 0.717) is 24.3 Å². The van der Waals surface area contributed by atoms with Gasteiger partial charge in [0.15, 0.2) is 0 Å². The van der Waals surface area contributed by atoms with Gasteiger partial charge in [0.1, 0.15) is 0 Å². The van der Waals surface area contributed by atoms with Gasteiger partial charge in [0.05, 0.1) is 30.6 Å². The third-order valence-electron chi connectivity index (χ3n) is 3.67. The standard InChI is InChI=1S/C17H14N2O4S/c18-8-12-1-3-13(4-2-12)11-24(21,22)19-17(20)14-5-6-15-9-23-10-16(15)7-14/h1-7H,9-11H2,(H,19,20). The number of benzene rings is 2. The molecular formula is C17H14N2O4S. The van der Waals surface area contributed by atoms with Crippen LogP contribution in [0.1, 0.15) is 32.6 Å². The number of nitrogens with zero attached hydrogens (tertiary/aromatic N) is 1. The number of ether oxygens (including phenoxy) is 1.